The van der Waals surface area contributed by atoms with Gasteiger partial charge in [0, 0.05) is 22.6 Å². The first-order valence-electron chi connectivity index (χ1n) is 13.3. The third-order valence-electron chi connectivity index (χ3n) is 6.75. The lowest BCUT2D eigenvalue weighted by molar-refractivity contribution is -0.140. The standard InChI is InChI=1S/C30H34Cl2FN3O4S/c1-5-21(4)34-30(38)28(6-2)35(18-22-9-10-23(31)17-27(22)32)29(37)19-36(25-13-7-20(3)8-14-25)41(39,40)26-15-11-24(33)12-16-26/h7-17,21,28H,5-6,18-19H2,1-4H3,(H,34,38)/t21-,28-/m0/s1. The Bertz CT molecular complexity index is 1470. The molecule has 0 spiro atoms. The fourth-order valence-electron chi connectivity index (χ4n) is 4.17. The molecule has 2 atom stereocenters. The van der Waals surface area contributed by atoms with E-state index in [0.717, 1.165) is 34.1 Å². The molecule has 0 fully saturated rings. The molecule has 0 bridgehead atoms. The molecule has 0 radical (unpaired) electrons. The molecule has 3 aromatic carbocycles. The molecular formula is C30H34Cl2FN3O4S. The van der Waals surface area contributed by atoms with Gasteiger partial charge >= 0.3 is 0 Å². The van der Waals surface area contributed by atoms with Crippen molar-refractivity contribution < 1.29 is 22.4 Å². The minimum atomic E-state index is -4.30. The molecule has 0 aliphatic heterocycles. The Balaban J connectivity index is 2.08. The number of nitrogens with one attached hydrogen (secondary N) is 1. The second kappa shape index (κ2) is 14.2. The summed E-state index contributed by atoms with van der Waals surface area (Å²) in [7, 11) is -4.30. The molecule has 0 saturated carbocycles. The van der Waals surface area contributed by atoms with E-state index in [1.165, 1.54) is 4.90 Å². The van der Waals surface area contributed by atoms with E-state index in [2.05, 4.69) is 5.32 Å². The van der Waals surface area contributed by atoms with Crippen LogP contribution in [0, 0.1) is 12.7 Å². The van der Waals surface area contributed by atoms with Gasteiger partial charge < -0.3 is 10.2 Å². The van der Waals surface area contributed by atoms with Crippen LogP contribution in [0.1, 0.15) is 44.7 Å². The molecule has 0 aromatic heterocycles. The SMILES string of the molecule is CC[C@H](C)NC(=O)[C@H](CC)N(Cc1ccc(Cl)cc1Cl)C(=O)CN(c1ccc(C)cc1)S(=O)(=O)c1ccc(F)cc1. The second-order valence-corrected chi connectivity index (χ2v) is 12.5. The number of nitrogens with zero attached hydrogens (tertiary/aromatic N) is 2. The van der Waals surface area contributed by atoms with E-state index in [-0.39, 0.29) is 35.5 Å². The number of benzene rings is 3. The van der Waals surface area contributed by atoms with Crippen LogP contribution < -0.4 is 9.62 Å². The third kappa shape index (κ3) is 8.21. The predicted molar refractivity (Wildman–Crippen MR) is 161 cm³/mol. The average Bonchev–Trinajstić information content (AvgIpc) is 2.93. The van der Waals surface area contributed by atoms with Crippen molar-refractivity contribution >= 4 is 50.7 Å². The Hall–Kier alpha value is -3.14. The molecule has 3 aromatic rings. The van der Waals surface area contributed by atoms with Gasteiger partial charge in [0.25, 0.3) is 10.0 Å². The normalized spacial score (nSPS) is 12.9. The smallest absolute Gasteiger partial charge is 0.264 e. The van der Waals surface area contributed by atoms with Crippen LogP contribution in [0.25, 0.3) is 0 Å². The van der Waals surface area contributed by atoms with Crippen molar-refractivity contribution in [1.29, 1.82) is 0 Å². The highest BCUT2D eigenvalue weighted by Gasteiger charge is 2.34. The minimum Gasteiger partial charge on any atom is -0.352 e. The number of carbonyl (C=O) groups is 2. The highest BCUT2D eigenvalue weighted by Crippen LogP contribution is 2.27. The number of aryl methyl sites for hydroxylation is 1. The van der Waals surface area contributed by atoms with E-state index in [4.69, 9.17) is 23.2 Å². The summed E-state index contributed by atoms with van der Waals surface area (Å²) in [4.78, 5) is 28.6. The zero-order chi connectivity index (χ0) is 30.3. The summed E-state index contributed by atoms with van der Waals surface area (Å²) in [5, 5.41) is 3.64. The fraction of sp³-hybridized carbons (Fsp3) is 0.333. The monoisotopic (exact) mass is 621 g/mol. The van der Waals surface area contributed by atoms with Gasteiger partial charge in [-0.3, -0.25) is 13.9 Å². The van der Waals surface area contributed by atoms with Crippen molar-refractivity contribution in [3.05, 3.63) is 93.7 Å². The van der Waals surface area contributed by atoms with Crippen molar-refractivity contribution in [3.63, 3.8) is 0 Å². The number of carbonyl (C=O) groups excluding carboxylic acids is 2. The van der Waals surface area contributed by atoms with Crippen molar-refractivity contribution in [2.45, 2.75) is 64.1 Å². The lowest BCUT2D eigenvalue weighted by Crippen LogP contribution is -2.53. The Morgan fingerprint density at radius 3 is 2.15 bits per heavy atom. The summed E-state index contributed by atoms with van der Waals surface area (Å²) in [6, 6.07) is 14.8. The highest BCUT2D eigenvalue weighted by atomic mass is 35.5. The molecule has 0 saturated heterocycles. The summed E-state index contributed by atoms with van der Waals surface area (Å²) >= 11 is 12.5. The summed E-state index contributed by atoms with van der Waals surface area (Å²) in [6.07, 6.45) is 0.963. The Morgan fingerprint density at radius 2 is 1.59 bits per heavy atom. The zero-order valence-electron chi connectivity index (χ0n) is 23.4. The molecule has 11 heteroatoms. The first-order valence-corrected chi connectivity index (χ1v) is 15.5. The van der Waals surface area contributed by atoms with Gasteiger partial charge in [-0.1, -0.05) is 60.8 Å². The lowest BCUT2D eigenvalue weighted by atomic mass is 10.1. The van der Waals surface area contributed by atoms with Crippen LogP contribution >= 0.6 is 23.2 Å². The summed E-state index contributed by atoms with van der Waals surface area (Å²) in [5.41, 5.74) is 1.68. The number of amides is 2. The van der Waals surface area contributed by atoms with E-state index in [1.54, 1.807) is 49.4 Å². The predicted octanol–water partition coefficient (Wildman–Crippen LogP) is 6.36. The number of sulfonamides is 1. The van der Waals surface area contributed by atoms with Gasteiger partial charge in [0.2, 0.25) is 11.8 Å². The molecule has 2 amide bonds. The van der Waals surface area contributed by atoms with Crippen molar-refractivity contribution in [3.8, 4) is 0 Å². The van der Waals surface area contributed by atoms with Gasteiger partial charge in [-0.2, -0.15) is 0 Å². The maximum absolute atomic E-state index is 14.1. The largest absolute Gasteiger partial charge is 0.352 e. The Morgan fingerprint density at radius 1 is 0.951 bits per heavy atom. The number of halogens is 3. The van der Waals surface area contributed by atoms with Crippen LogP contribution in [-0.2, 0) is 26.2 Å². The number of hydrogen-bond acceptors (Lipinski definition) is 4. The number of anilines is 1. The van der Waals surface area contributed by atoms with Gasteiger partial charge in [-0.15, -0.1) is 0 Å². The maximum Gasteiger partial charge on any atom is 0.264 e. The molecule has 3 rings (SSSR count). The minimum absolute atomic E-state index is 0.0560. The van der Waals surface area contributed by atoms with E-state index >= 15 is 0 Å². The first-order chi connectivity index (χ1) is 19.4. The van der Waals surface area contributed by atoms with Crippen LogP contribution in [-0.4, -0.2) is 43.8 Å². The average molecular weight is 623 g/mol. The molecule has 1 N–H and O–H groups in total. The van der Waals surface area contributed by atoms with Crippen LogP contribution in [0.4, 0.5) is 10.1 Å². The lowest BCUT2D eigenvalue weighted by Gasteiger charge is -2.34. The highest BCUT2D eigenvalue weighted by molar-refractivity contribution is 7.92. The van der Waals surface area contributed by atoms with Crippen molar-refractivity contribution in [1.82, 2.24) is 10.2 Å². The molecule has 7 nitrogen and oxygen atoms in total. The first kappa shape index (κ1) is 32.4. The quantitative estimate of drug-likeness (QED) is 0.255. The number of rotatable bonds is 12. The molecule has 0 aliphatic rings. The molecule has 220 valence electrons. The van der Waals surface area contributed by atoms with Gasteiger partial charge in [0.1, 0.15) is 18.4 Å². The van der Waals surface area contributed by atoms with Crippen molar-refractivity contribution in [2.75, 3.05) is 10.8 Å². The summed E-state index contributed by atoms with van der Waals surface area (Å²) < 4.78 is 42.2. The van der Waals surface area contributed by atoms with E-state index in [0.29, 0.717) is 22.0 Å². The van der Waals surface area contributed by atoms with Crippen LogP contribution in [0.2, 0.25) is 10.0 Å². The Kier molecular flexibility index (Phi) is 11.2. The summed E-state index contributed by atoms with van der Waals surface area (Å²) in [5.74, 6) is -1.57. The van der Waals surface area contributed by atoms with E-state index < -0.39 is 34.3 Å². The van der Waals surface area contributed by atoms with Gasteiger partial charge in [0.15, 0.2) is 0 Å². The van der Waals surface area contributed by atoms with E-state index in [1.807, 2.05) is 20.8 Å². The van der Waals surface area contributed by atoms with Gasteiger partial charge in [0.05, 0.1) is 10.6 Å². The van der Waals surface area contributed by atoms with Crippen LogP contribution in [0.5, 0.6) is 0 Å². The van der Waals surface area contributed by atoms with Gasteiger partial charge in [-0.25, -0.2) is 12.8 Å². The second-order valence-electron chi connectivity index (χ2n) is 9.80. The number of hydrogen-bond donors (Lipinski definition) is 1. The van der Waals surface area contributed by atoms with Gasteiger partial charge in [-0.05, 0) is 80.8 Å². The zero-order valence-corrected chi connectivity index (χ0v) is 25.7. The molecule has 0 unspecified atom stereocenters. The van der Waals surface area contributed by atoms with Crippen molar-refractivity contribution in [2.24, 2.45) is 0 Å². The molecule has 0 heterocycles. The van der Waals surface area contributed by atoms with E-state index in [9.17, 15) is 22.4 Å². The third-order valence-corrected chi connectivity index (χ3v) is 9.12. The Labute approximate surface area is 251 Å². The fourth-order valence-corrected chi connectivity index (χ4v) is 6.05. The molecule has 41 heavy (non-hydrogen) atoms. The summed E-state index contributed by atoms with van der Waals surface area (Å²) in [6.45, 7) is 6.76. The topological polar surface area (TPSA) is 86.8 Å². The van der Waals surface area contributed by atoms with Crippen LogP contribution in [0.3, 0.4) is 0 Å². The molecule has 0 aliphatic carbocycles. The molecular weight excluding hydrogens is 588 g/mol. The maximum atomic E-state index is 14.1. The van der Waals surface area contributed by atoms with Crippen LogP contribution in [0.15, 0.2) is 71.6 Å².